The first-order valence-electron chi connectivity index (χ1n) is 5.78. The number of ether oxygens (including phenoxy) is 1. The molecule has 1 amide bonds. The smallest absolute Gasteiger partial charge is 0.383 e. The molecule has 108 valence electrons. The molecule has 0 aliphatic carbocycles. The van der Waals surface area contributed by atoms with E-state index in [0.29, 0.717) is 12.8 Å². The largest absolute Gasteiger partial charge is 0.383 e. The summed E-state index contributed by atoms with van der Waals surface area (Å²) >= 11 is 0. The van der Waals surface area contributed by atoms with E-state index in [1.54, 1.807) is 13.8 Å². The van der Waals surface area contributed by atoms with Gasteiger partial charge in [-0.1, -0.05) is 13.8 Å². The molecule has 0 unspecified atom stereocenters. The molecule has 18 heavy (non-hydrogen) atoms. The second kappa shape index (κ2) is 7.56. The molecular formula is C11H19F4NO2. The van der Waals surface area contributed by atoms with Crippen molar-refractivity contribution in [1.29, 1.82) is 0 Å². The fourth-order valence-corrected chi connectivity index (χ4v) is 1.65. The Balaban J connectivity index is 5.00. The lowest BCUT2D eigenvalue weighted by atomic mass is 10.1. The zero-order chi connectivity index (χ0) is 14.3. The molecule has 7 heteroatoms. The van der Waals surface area contributed by atoms with Crippen molar-refractivity contribution in [2.75, 3.05) is 20.3 Å². The van der Waals surface area contributed by atoms with Crippen LogP contribution in [0.2, 0.25) is 0 Å². The molecule has 0 aromatic carbocycles. The second-order valence-corrected chi connectivity index (χ2v) is 3.89. The van der Waals surface area contributed by atoms with Crippen LogP contribution in [0.3, 0.4) is 0 Å². The van der Waals surface area contributed by atoms with Crippen LogP contribution in [0.5, 0.6) is 0 Å². The molecule has 0 fully saturated rings. The van der Waals surface area contributed by atoms with Crippen molar-refractivity contribution in [1.82, 2.24) is 4.90 Å². The molecule has 0 spiro atoms. The van der Waals surface area contributed by atoms with Gasteiger partial charge in [0, 0.05) is 19.7 Å². The molecule has 0 saturated carbocycles. The molecule has 0 N–H and O–H groups in total. The minimum atomic E-state index is -4.64. The highest BCUT2D eigenvalue weighted by Gasteiger charge is 2.51. The highest BCUT2D eigenvalue weighted by atomic mass is 19.3. The Morgan fingerprint density at radius 3 is 2.11 bits per heavy atom. The molecule has 0 rings (SSSR count). The number of hydrogen-bond donors (Lipinski definition) is 0. The van der Waals surface area contributed by atoms with Crippen molar-refractivity contribution in [2.45, 2.75) is 45.1 Å². The minimum absolute atomic E-state index is 0.0293. The first kappa shape index (κ1) is 17.2. The maximum Gasteiger partial charge on any atom is 0.383 e. The Morgan fingerprint density at radius 2 is 1.78 bits per heavy atom. The number of methoxy groups -OCH3 is 1. The molecule has 0 saturated heterocycles. The Kier molecular flexibility index (Phi) is 7.20. The first-order valence-corrected chi connectivity index (χ1v) is 5.78. The van der Waals surface area contributed by atoms with Crippen molar-refractivity contribution in [2.24, 2.45) is 0 Å². The van der Waals surface area contributed by atoms with Gasteiger partial charge < -0.3 is 9.64 Å². The van der Waals surface area contributed by atoms with Crippen LogP contribution in [0.4, 0.5) is 17.6 Å². The Hall–Kier alpha value is -0.850. The molecule has 0 heterocycles. The predicted octanol–water partition coefficient (Wildman–Crippen LogP) is 2.55. The van der Waals surface area contributed by atoms with Gasteiger partial charge in [-0.2, -0.15) is 8.78 Å². The van der Waals surface area contributed by atoms with Gasteiger partial charge >= 0.3 is 12.3 Å². The van der Waals surface area contributed by atoms with E-state index in [4.69, 9.17) is 4.74 Å². The van der Waals surface area contributed by atoms with E-state index in [0.717, 1.165) is 4.90 Å². The van der Waals surface area contributed by atoms with Crippen molar-refractivity contribution >= 4 is 5.91 Å². The van der Waals surface area contributed by atoms with Crippen LogP contribution in [0.15, 0.2) is 0 Å². The minimum Gasteiger partial charge on any atom is -0.383 e. The van der Waals surface area contributed by atoms with Gasteiger partial charge in [0.1, 0.15) is 0 Å². The number of halogens is 4. The van der Waals surface area contributed by atoms with E-state index in [1.807, 2.05) is 0 Å². The van der Waals surface area contributed by atoms with Gasteiger partial charge in [-0.3, -0.25) is 4.79 Å². The van der Waals surface area contributed by atoms with E-state index >= 15 is 0 Å². The van der Waals surface area contributed by atoms with Crippen molar-refractivity contribution in [3.8, 4) is 0 Å². The Labute approximate surface area is 104 Å². The number of nitrogens with zero attached hydrogens (tertiary/aromatic N) is 1. The van der Waals surface area contributed by atoms with Crippen molar-refractivity contribution in [3.63, 3.8) is 0 Å². The molecule has 0 aromatic heterocycles. The number of alkyl halides is 4. The third-order valence-electron chi connectivity index (χ3n) is 2.74. The Bertz CT molecular complexity index is 257. The van der Waals surface area contributed by atoms with E-state index in [2.05, 4.69) is 0 Å². The summed E-state index contributed by atoms with van der Waals surface area (Å²) in [4.78, 5) is 12.3. The number of rotatable bonds is 8. The van der Waals surface area contributed by atoms with Gasteiger partial charge in [-0.25, -0.2) is 8.78 Å². The molecular weight excluding hydrogens is 254 g/mol. The summed E-state index contributed by atoms with van der Waals surface area (Å²) in [6, 6.07) is -0.489. The highest BCUT2D eigenvalue weighted by Crippen LogP contribution is 2.27. The molecule has 0 aliphatic rings. The summed E-state index contributed by atoms with van der Waals surface area (Å²) in [5, 5.41) is 0. The molecule has 0 radical (unpaired) electrons. The maximum absolute atomic E-state index is 13.1. The normalized spacial score (nSPS) is 12.3. The summed E-state index contributed by atoms with van der Waals surface area (Å²) in [7, 11) is 1.35. The number of hydrogen-bond acceptors (Lipinski definition) is 2. The quantitative estimate of drug-likeness (QED) is 0.636. The summed E-state index contributed by atoms with van der Waals surface area (Å²) in [5.74, 6) is -6.47. The maximum atomic E-state index is 13.1. The zero-order valence-corrected chi connectivity index (χ0v) is 10.8. The van der Waals surface area contributed by atoms with Crippen LogP contribution in [-0.4, -0.2) is 49.5 Å². The lowest BCUT2D eigenvalue weighted by molar-refractivity contribution is -0.183. The zero-order valence-electron chi connectivity index (χ0n) is 10.8. The fourth-order valence-electron chi connectivity index (χ4n) is 1.65. The van der Waals surface area contributed by atoms with E-state index in [1.165, 1.54) is 7.11 Å². The van der Waals surface area contributed by atoms with Gasteiger partial charge in [0.2, 0.25) is 0 Å². The molecule has 0 atom stereocenters. The summed E-state index contributed by atoms with van der Waals surface area (Å²) in [6.07, 6.45) is -3.15. The first-order chi connectivity index (χ1) is 8.32. The summed E-state index contributed by atoms with van der Waals surface area (Å²) in [6.45, 7) is 3.33. The van der Waals surface area contributed by atoms with Crippen LogP contribution in [0, 0.1) is 0 Å². The predicted molar refractivity (Wildman–Crippen MR) is 58.9 cm³/mol. The number of carbonyl (C=O) groups excluding carboxylic acids is 1. The van der Waals surface area contributed by atoms with Crippen LogP contribution < -0.4 is 0 Å². The van der Waals surface area contributed by atoms with Crippen LogP contribution in [0.1, 0.15) is 26.7 Å². The van der Waals surface area contributed by atoms with Crippen LogP contribution in [0.25, 0.3) is 0 Å². The molecule has 3 nitrogen and oxygen atoms in total. The van der Waals surface area contributed by atoms with E-state index in [9.17, 15) is 22.4 Å². The third-order valence-corrected chi connectivity index (χ3v) is 2.74. The topological polar surface area (TPSA) is 29.5 Å². The van der Waals surface area contributed by atoms with Crippen molar-refractivity contribution in [3.05, 3.63) is 0 Å². The monoisotopic (exact) mass is 273 g/mol. The lowest BCUT2D eigenvalue weighted by Gasteiger charge is -2.32. The van der Waals surface area contributed by atoms with E-state index in [-0.39, 0.29) is 13.2 Å². The van der Waals surface area contributed by atoms with Crippen molar-refractivity contribution < 1.29 is 27.1 Å². The molecule has 0 aromatic rings. The molecule has 0 aliphatic heterocycles. The van der Waals surface area contributed by atoms with Gasteiger partial charge in [-0.15, -0.1) is 0 Å². The summed E-state index contributed by atoms with van der Waals surface area (Å²) in [5.41, 5.74) is 0. The SMILES string of the molecule is CCC(CC)N(CCOC)C(=O)C(F)(F)C(F)F. The summed E-state index contributed by atoms with van der Waals surface area (Å²) < 4.78 is 55.2. The van der Waals surface area contributed by atoms with E-state index < -0.39 is 24.3 Å². The van der Waals surface area contributed by atoms with Gasteiger partial charge in [0.25, 0.3) is 5.91 Å². The van der Waals surface area contributed by atoms with Gasteiger partial charge in [0.15, 0.2) is 0 Å². The van der Waals surface area contributed by atoms with Crippen LogP contribution in [-0.2, 0) is 9.53 Å². The average molecular weight is 273 g/mol. The molecule has 0 bridgehead atoms. The van der Waals surface area contributed by atoms with Gasteiger partial charge in [0.05, 0.1) is 6.61 Å². The Morgan fingerprint density at radius 1 is 1.28 bits per heavy atom. The number of amides is 1. The third kappa shape index (κ3) is 4.12. The van der Waals surface area contributed by atoms with Crippen LogP contribution >= 0.6 is 0 Å². The number of carbonyl (C=O) groups is 1. The van der Waals surface area contributed by atoms with Gasteiger partial charge in [-0.05, 0) is 12.8 Å². The lowest BCUT2D eigenvalue weighted by Crippen LogP contribution is -2.52. The fraction of sp³-hybridized carbons (Fsp3) is 0.909. The standard InChI is InChI=1S/C11H19F4NO2/c1-4-8(5-2)16(6-7-18-3)10(17)11(14,15)9(12)13/h8-9H,4-7H2,1-3H3. The second-order valence-electron chi connectivity index (χ2n) is 3.89. The average Bonchev–Trinajstić information content (AvgIpc) is 2.33. The highest BCUT2D eigenvalue weighted by molar-refractivity contribution is 5.84.